The highest BCUT2D eigenvalue weighted by Gasteiger charge is 2.14. The molecule has 1 unspecified atom stereocenters. The van der Waals surface area contributed by atoms with E-state index in [2.05, 4.69) is 10.5 Å². The van der Waals surface area contributed by atoms with Crippen LogP contribution in [0.1, 0.15) is 28.4 Å². The van der Waals surface area contributed by atoms with E-state index in [1.807, 2.05) is 30.3 Å². The molecule has 38 heavy (non-hydrogen) atoms. The first-order valence-electron chi connectivity index (χ1n) is 11.8. The number of ether oxygens (including phenoxy) is 3. The zero-order chi connectivity index (χ0) is 26.7. The molecule has 0 fully saturated rings. The molecule has 0 heterocycles. The van der Waals surface area contributed by atoms with E-state index in [0.29, 0.717) is 40.0 Å². The Kier molecular flexibility index (Phi) is 9.10. The van der Waals surface area contributed by atoms with Crippen LogP contribution in [0.2, 0.25) is 5.02 Å². The van der Waals surface area contributed by atoms with Gasteiger partial charge in [-0.2, -0.15) is 5.10 Å². The van der Waals surface area contributed by atoms with Crippen molar-refractivity contribution in [3.63, 3.8) is 0 Å². The summed E-state index contributed by atoms with van der Waals surface area (Å²) in [5, 5.41) is 4.51. The Labute approximate surface area is 225 Å². The summed E-state index contributed by atoms with van der Waals surface area (Å²) in [6.07, 6.45) is 0.665. The van der Waals surface area contributed by atoms with Crippen molar-refractivity contribution in [1.29, 1.82) is 0 Å². The Morgan fingerprint density at radius 2 is 1.58 bits per heavy atom. The second-order valence-corrected chi connectivity index (χ2v) is 8.65. The van der Waals surface area contributed by atoms with Crippen LogP contribution in [0.4, 0.5) is 0 Å². The molecule has 0 aliphatic rings. The molecule has 0 aliphatic heterocycles. The van der Waals surface area contributed by atoms with Gasteiger partial charge in [0.1, 0.15) is 23.9 Å². The highest BCUT2D eigenvalue weighted by atomic mass is 35.5. The number of amides is 1. The molecule has 0 spiro atoms. The van der Waals surface area contributed by atoms with E-state index >= 15 is 0 Å². The van der Waals surface area contributed by atoms with Crippen molar-refractivity contribution in [2.45, 2.75) is 19.6 Å². The van der Waals surface area contributed by atoms with Gasteiger partial charge in [-0.05, 0) is 78.7 Å². The maximum Gasteiger partial charge on any atom is 0.343 e. The molecule has 1 amide bonds. The normalized spacial score (nSPS) is 11.5. The van der Waals surface area contributed by atoms with Crippen LogP contribution in [0.25, 0.3) is 0 Å². The number of carbonyl (C=O) groups excluding carboxylic acids is 2. The molecule has 0 radical (unpaired) electrons. The first kappa shape index (κ1) is 26.4. The molecule has 0 bridgehead atoms. The van der Waals surface area contributed by atoms with Crippen LogP contribution >= 0.6 is 11.6 Å². The van der Waals surface area contributed by atoms with Crippen LogP contribution < -0.4 is 19.6 Å². The number of hydrogen-bond donors (Lipinski definition) is 1. The number of halogens is 1. The van der Waals surface area contributed by atoms with E-state index in [1.165, 1.54) is 6.21 Å². The van der Waals surface area contributed by atoms with Crippen molar-refractivity contribution in [1.82, 2.24) is 5.43 Å². The van der Waals surface area contributed by atoms with Gasteiger partial charge in [0.15, 0.2) is 6.10 Å². The molecule has 7 nitrogen and oxygen atoms in total. The third kappa shape index (κ3) is 7.94. The van der Waals surface area contributed by atoms with E-state index in [-0.39, 0.29) is 0 Å². The van der Waals surface area contributed by atoms with Crippen LogP contribution in [0, 0.1) is 0 Å². The molecular weight excluding hydrogens is 504 g/mol. The van der Waals surface area contributed by atoms with Crippen LogP contribution in [-0.4, -0.2) is 24.2 Å². The lowest BCUT2D eigenvalue weighted by Gasteiger charge is -2.13. The molecule has 0 saturated heterocycles. The summed E-state index contributed by atoms with van der Waals surface area (Å²) in [4.78, 5) is 24.7. The zero-order valence-corrected chi connectivity index (χ0v) is 21.3. The summed E-state index contributed by atoms with van der Waals surface area (Å²) in [6, 6.07) is 30.1. The van der Waals surface area contributed by atoms with Gasteiger partial charge in [-0.15, -0.1) is 0 Å². The maximum absolute atomic E-state index is 12.4. The highest BCUT2D eigenvalue weighted by Crippen LogP contribution is 2.20. The van der Waals surface area contributed by atoms with Crippen molar-refractivity contribution in [2.75, 3.05) is 0 Å². The Balaban J connectivity index is 1.24. The fourth-order valence-corrected chi connectivity index (χ4v) is 3.41. The van der Waals surface area contributed by atoms with Crippen LogP contribution in [-0.2, 0) is 11.4 Å². The molecule has 1 N–H and O–H groups in total. The molecule has 4 aromatic carbocycles. The van der Waals surface area contributed by atoms with Crippen molar-refractivity contribution in [3.8, 4) is 17.2 Å². The minimum atomic E-state index is -0.782. The average molecular weight is 529 g/mol. The molecule has 0 aromatic heterocycles. The number of rotatable bonds is 10. The first-order valence-corrected chi connectivity index (χ1v) is 12.2. The minimum absolute atomic E-state index is 0.341. The molecule has 0 aliphatic carbocycles. The number of hydrazone groups is 1. The first-order chi connectivity index (χ1) is 18.5. The Morgan fingerprint density at radius 1 is 0.868 bits per heavy atom. The predicted molar refractivity (Wildman–Crippen MR) is 146 cm³/mol. The van der Waals surface area contributed by atoms with Crippen molar-refractivity contribution in [2.24, 2.45) is 5.10 Å². The van der Waals surface area contributed by atoms with Gasteiger partial charge in [0.2, 0.25) is 0 Å². The third-order valence-corrected chi connectivity index (χ3v) is 5.54. The number of hydrogen-bond acceptors (Lipinski definition) is 6. The maximum atomic E-state index is 12.4. The van der Waals surface area contributed by atoms with E-state index < -0.39 is 18.0 Å². The molecule has 0 saturated carbocycles. The van der Waals surface area contributed by atoms with E-state index in [1.54, 1.807) is 79.7 Å². The third-order valence-electron chi connectivity index (χ3n) is 5.29. The zero-order valence-electron chi connectivity index (χ0n) is 20.5. The van der Waals surface area contributed by atoms with Gasteiger partial charge in [0.25, 0.3) is 5.91 Å². The number of nitrogens with one attached hydrogen (secondary N) is 1. The van der Waals surface area contributed by atoms with Gasteiger partial charge in [-0.1, -0.05) is 54.1 Å². The smallest absolute Gasteiger partial charge is 0.343 e. The second kappa shape index (κ2) is 13.1. The number of benzene rings is 4. The molecule has 4 aromatic rings. The fraction of sp³-hybridized carbons (Fsp3) is 0.100. The van der Waals surface area contributed by atoms with Gasteiger partial charge >= 0.3 is 5.97 Å². The summed E-state index contributed by atoms with van der Waals surface area (Å²) in [5.41, 5.74) is 4.54. The van der Waals surface area contributed by atoms with Gasteiger partial charge in [-0.3, -0.25) is 4.79 Å². The standard InChI is InChI=1S/C30H25ClN2O5/c1-21(37-27-16-14-26(15-17-27)36-20-22-6-3-2-4-7-22)29(34)33-32-19-23-8-5-9-28(18-23)38-30(35)24-10-12-25(31)13-11-24/h2-19,21H,20H2,1H3,(H,33,34). The van der Waals surface area contributed by atoms with E-state index in [4.69, 9.17) is 25.8 Å². The van der Waals surface area contributed by atoms with E-state index in [0.717, 1.165) is 5.56 Å². The SMILES string of the molecule is CC(Oc1ccc(OCc2ccccc2)cc1)C(=O)NN=Cc1cccc(OC(=O)c2ccc(Cl)cc2)c1. The molecule has 8 heteroatoms. The van der Waals surface area contributed by atoms with E-state index in [9.17, 15) is 9.59 Å². The lowest BCUT2D eigenvalue weighted by atomic mass is 10.2. The molecule has 4 rings (SSSR count). The van der Waals surface area contributed by atoms with Crippen molar-refractivity contribution in [3.05, 3.63) is 125 Å². The largest absolute Gasteiger partial charge is 0.489 e. The second-order valence-electron chi connectivity index (χ2n) is 8.21. The summed E-state index contributed by atoms with van der Waals surface area (Å²) in [5.74, 6) is 0.637. The average Bonchev–Trinajstić information content (AvgIpc) is 2.93. The Hall–Kier alpha value is -4.62. The van der Waals surface area contributed by atoms with Crippen molar-refractivity contribution < 1.29 is 23.8 Å². The Bertz CT molecular complexity index is 1390. The lowest BCUT2D eigenvalue weighted by molar-refractivity contribution is -0.127. The van der Waals surface area contributed by atoms with Gasteiger partial charge in [0.05, 0.1) is 11.8 Å². The lowest BCUT2D eigenvalue weighted by Crippen LogP contribution is -2.33. The Morgan fingerprint density at radius 3 is 2.32 bits per heavy atom. The van der Waals surface area contributed by atoms with Crippen molar-refractivity contribution >= 4 is 29.7 Å². The van der Waals surface area contributed by atoms with Gasteiger partial charge in [-0.25, -0.2) is 10.2 Å². The summed E-state index contributed by atoms with van der Waals surface area (Å²) in [7, 11) is 0. The fourth-order valence-electron chi connectivity index (χ4n) is 3.28. The highest BCUT2D eigenvalue weighted by molar-refractivity contribution is 6.30. The summed E-state index contributed by atoms with van der Waals surface area (Å²) < 4.78 is 16.9. The van der Waals surface area contributed by atoms with Gasteiger partial charge in [0, 0.05) is 5.02 Å². The topological polar surface area (TPSA) is 86.2 Å². The van der Waals surface area contributed by atoms with Crippen LogP contribution in [0.5, 0.6) is 17.2 Å². The summed E-state index contributed by atoms with van der Waals surface area (Å²) >= 11 is 5.85. The quantitative estimate of drug-likeness (QED) is 0.117. The number of carbonyl (C=O) groups is 2. The van der Waals surface area contributed by atoms with Crippen LogP contribution in [0.3, 0.4) is 0 Å². The summed E-state index contributed by atoms with van der Waals surface area (Å²) in [6.45, 7) is 2.09. The molecule has 192 valence electrons. The van der Waals surface area contributed by atoms with Gasteiger partial charge < -0.3 is 14.2 Å². The number of esters is 1. The molecular formula is C30H25ClN2O5. The van der Waals surface area contributed by atoms with Crippen LogP contribution in [0.15, 0.2) is 108 Å². The predicted octanol–water partition coefficient (Wildman–Crippen LogP) is 6.06. The number of nitrogens with zero attached hydrogens (tertiary/aromatic N) is 1. The molecule has 1 atom stereocenters. The monoisotopic (exact) mass is 528 g/mol. The minimum Gasteiger partial charge on any atom is -0.489 e.